The molecule has 36 heteroatoms. The number of anilines is 11. The van der Waals surface area contributed by atoms with Crippen molar-refractivity contribution >= 4 is 158 Å². The minimum atomic E-state index is -4.79. The third-order valence-electron chi connectivity index (χ3n) is 16.7. The van der Waals surface area contributed by atoms with Gasteiger partial charge in [0.15, 0.2) is 5.78 Å². The molecule has 2 fully saturated rings. The fourth-order valence-electron chi connectivity index (χ4n) is 11.6. The van der Waals surface area contributed by atoms with Crippen molar-refractivity contribution in [3.8, 4) is 11.5 Å². The number of para-hydroxylation sites is 2. The van der Waals surface area contributed by atoms with Crippen molar-refractivity contribution in [1.29, 1.82) is 0 Å². The van der Waals surface area contributed by atoms with Gasteiger partial charge in [-0.05, 0) is 123 Å². The Balaban J connectivity index is 1.15. The number of amides is 2. The number of hydrogen-bond acceptors (Lipinski definition) is 30. The molecule has 8 N–H and O–H groups in total. The zero-order valence-corrected chi connectivity index (χ0v) is 60.8. The van der Waals surface area contributed by atoms with Crippen LogP contribution >= 0.6 is 22.7 Å². The highest BCUT2D eigenvalue weighted by Crippen LogP contribution is 2.46. The Morgan fingerprint density at radius 3 is 1.48 bits per heavy atom. The van der Waals surface area contributed by atoms with Crippen molar-refractivity contribution in [3.63, 3.8) is 0 Å². The summed E-state index contributed by atoms with van der Waals surface area (Å²) < 4.78 is 81.1. The second-order valence-electron chi connectivity index (χ2n) is 23.3. The lowest BCUT2D eigenvalue weighted by Gasteiger charge is -2.28. The summed E-state index contributed by atoms with van der Waals surface area (Å²) in [5.41, 5.74) is 1.45. The average molecular weight is 1480 g/mol. The number of thiazole rings is 2. The Hall–Kier alpha value is -9.69. The lowest BCUT2D eigenvalue weighted by Crippen LogP contribution is -2.33. The summed E-state index contributed by atoms with van der Waals surface area (Å²) in [6, 6.07) is 17.4. The molecule has 2 amide bonds. The van der Waals surface area contributed by atoms with Gasteiger partial charge in [-0.25, -0.2) is 0 Å². The molecule has 5 heterocycles. The highest BCUT2D eigenvalue weighted by atomic mass is 32.2. The van der Waals surface area contributed by atoms with Crippen LogP contribution in [0.2, 0.25) is 0 Å². The van der Waals surface area contributed by atoms with Crippen molar-refractivity contribution in [2.45, 2.75) is 95.8 Å². The number of Topliss-reactive ketones (excluding diaryl/α,β-unsaturated/α-hetero) is 2. The Kier molecular flexibility index (Phi) is 26.1. The normalized spacial score (nSPS) is 14.0. The molecular weight excluding hydrogens is 1400 g/mol. The molecule has 2 saturated heterocycles. The molecule has 9 rings (SSSR count). The van der Waals surface area contributed by atoms with Crippen LogP contribution in [0, 0.1) is 0 Å². The van der Waals surface area contributed by atoms with Crippen LogP contribution in [0.15, 0.2) is 109 Å². The first-order valence-corrected chi connectivity index (χ1v) is 37.5. The topological polar surface area (TPSA) is 414 Å². The van der Waals surface area contributed by atoms with Gasteiger partial charge >= 0.3 is 0 Å². The van der Waals surface area contributed by atoms with Crippen LogP contribution in [0.3, 0.4) is 0 Å². The lowest BCUT2D eigenvalue weighted by molar-refractivity contribution is -0.126. The largest absolute Gasteiger partial charge is 0.494 e. The van der Waals surface area contributed by atoms with Gasteiger partial charge in [0.25, 0.3) is 26.1 Å². The van der Waals surface area contributed by atoms with E-state index in [1.54, 1.807) is 29.2 Å². The van der Waals surface area contributed by atoms with E-state index in [-0.39, 0.29) is 93.3 Å². The van der Waals surface area contributed by atoms with Crippen LogP contribution in [-0.4, -0.2) is 177 Å². The lowest BCUT2D eigenvalue weighted by atomic mass is 10.0. The minimum absolute atomic E-state index is 0.0142. The highest BCUT2D eigenvalue weighted by molar-refractivity contribution is 7.86. The van der Waals surface area contributed by atoms with Crippen LogP contribution in [-0.2, 0) is 39.4 Å². The van der Waals surface area contributed by atoms with Gasteiger partial charge in [-0.15, -0.1) is 20.5 Å². The average Bonchev–Trinajstić information content (AvgIpc) is 0.866. The maximum absolute atomic E-state index is 14.3. The Morgan fingerprint density at radius 2 is 1.04 bits per heavy atom. The molecule has 7 aromatic rings. The van der Waals surface area contributed by atoms with E-state index in [2.05, 4.69) is 36.4 Å². The standard InChI is InChI=1S/C66H82N18O14S4/c1-9-80(10-2)49-36-45(47(38-51(49)97-7)76-78-65-71-58(82-27-19-13-20-28-82)53(99-65)35-42(40(5)87)60(89)67-43-23-15-17-25-54(43)101(91,92)93)69-62-73-63(75-64(74-62)84(31-33-85)32-34-86)70-46-37-50(81(11-3)12-4)52(98-8)39-48(46)77-79-66-72-59(83-29-21-14-22-30-83)57(100-66)56(41(6)88)61(90)68-44-24-16-18-26-55(44)102(94,95)96/h15-18,23-26,35-39,56,85-86H,9-14,19-22,27-34H2,1-8H3,(H,67,89)(H,68,90)(H,91,92,93)(H,94,95,96)(H2,69,70,73,74,75)/b42-35+,78-76?,79-77?. The van der Waals surface area contributed by atoms with Gasteiger partial charge in [-0.1, -0.05) is 46.9 Å². The van der Waals surface area contributed by atoms with E-state index in [1.165, 1.54) is 70.5 Å². The number of aromatic nitrogens is 5. The second kappa shape index (κ2) is 34.8. The van der Waals surface area contributed by atoms with Crippen molar-refractivity contribution in [3.05, 3.63) is 88.1 Å². The summed E-state index contributed by atoms with van der Waals surface area (Å²) in [6.07, 6.45) is 6.56. The number of aliphatic hydroxyl groups excluding tert-OH is 2. The summed E-state index contributed by atoms with van der Waals surface area (Å²) in [5, 5.41) is 51.4. The van der Waals surface area contributed by atoms with E-state index in [4.69, 9.17) is 44.6 Å². The molecule has 0 saturated carbocycles. The van der Waals surface area contributed by atoms with E-state index in [1.807, 2.05) is 42.4 Å². The first kappa shape index (κ1) is 76.5. The number of ketones is 2. The van der Waals surface area contributed by atoms with Crippen LogP contribution < -0.4 is 55.2 Å². The number of ether oxygens (including phenoxy) is 2. The molecule has 544 valence electrons. The molecular formula is C66H82N18O14S4. The molecule has 0 bridgehead atoms. The van der Waals surface area contributed by atoms with E-state index < -0.39 is 59.3 Å². The number of piperidine rings is 2. The van der Waals surface area contributed by atoms with Gasteiger partial charge in [0.2, 0.25) is 34.0 Å². The van der Waals surface area contributed by atoms with Gasteiger partial charge in [0.1, 0.15) is 56.0 Å². The monoisotopic (exact) mass is 1480 g/mol. The van der Waals surface area contributed by atoms with Crippen molar-refractivity contribution < 1.29 is 64.8 Å². The molecule has 32 nitrogen and oxygen atoms in total. The van der Waals surface area contributed by atoms with Gasteiger partial charge in [0, 0.05) is 77.6 Å². The molecule has 2 aliphatic rings. The number of carbonyl (C=O) groups is 4. The predicted octanol–water partition coefficient (Wildman–Crippen LogP) is 11.0. The molecule has 3 aromatic heterocycles. The third kappa shape index (κ3) is 18.7. The molecule has 4 aromatic carbocycles. The molecule has 0 radical (unpaired) electrons. The summed E-state index contributed by atoms with van der Waals surface area (Å²) in [4.78, 5) is 88.7. The second-order valence-corrected chi connectivity index (χ2v) is 28.1. The fraction of sp³-hybridized carbons (Fsp3) is 0.409. The number of hydrogen-bond donors (Lipinski definition) is 8. The molecule has 2 aliphatic heterocycles. The quantitative estimate of drug-likeness (QED) is 0.00623. The highest BCUT2D eigenvalue weighted by Gasteiger charge is 2.35. The number of rotatable bonds is 33. The zero-order valence-electron chi connectivity index (χ0n) is 57.6. The van der Waals surface area contributed by atoms with Gasteiger partial charge in [-0.2, -0.15) is 41.8 Å². The fourth-order valence-corrected chi connectivity index (χ4v) is 14.8. The Morgan fingerprint density at radius 1 is 0.588 bits per heavy atom. The molecule has 0 aliphatic carbocycles. The smallest absolute Gasteiger partial charge is 0.296 e. The summed E-state index contributed by atoms with van der Waals surface area (Å²) in [5.74, 6) is -3.06. The maximum atomic E-state index is 14.3. The van der Waals surface area contributed by atoms with Crippen LogP contribution in [0.25, 0.3) is 6.08 Å². The maximum Gasteiger partial charge on any atom is 0.296 e. The first-order chi connectivity index (χ1) is 48.9. The van der Waals surface area contributed by atoms with Crippen LogP contribution in [0.1, 0.15) is 95.7 Å². The number of methoxy groups -OCH3 is 2. The van der Waals surface area contributed by atoms with Gasteiger partial charge < -0.3 is 65.5 Å². The minimum Gasteiger partial charge on any atom is -0.494 e. The molecule has 102 heavy (non-hydrogen) atoms. The van der Waals surface area contributed by atoms with Crippen molar-refractivity contribution in [1.82, 2.24) is 24.9 Å². The summed E-state index contributed by atoms with van der Waals surface area (Å²) in [6.45, 7) is 14.1. The third-order valence-corrected chi connectivity index (χ3v) is 20.3. The molecule has 0 spiro atoms. The number of azo groups is 2. The van der Waals surface area contributed by atoms with E-state index in [9.17, 15) is 55.3 Å². The predicted molar refractivity (Wildman–Crippen MR) is 392 cm³/mol. The molecule has 1 unspecified atom stereocenters. The number of nitrogens with one attached hydrogen (secondary N) is 4. The van der Waals surface area contributed by atoms with Gasteiger partial charge in [-0.3, -0.25) is 28.3 Å². The van der Waals surface area contributed by atoms with Crippen molar-refractivity contribution in [2.24, 2.45) is 20.5 Å². The molecule has 1 atom stereocenters. The first-order valence-electron chi connectivity index (χ1n) is 33.0. The summed E-state index contributed by atoms with van der Waals surface area (Å²) >= 11 is 1.99. The SMILES string of the molecule is CCN(CC)c1cc(Nc2nc(Nc3cc(N(CC)CC)c(OC)cc3N=Nc3nc(N4CCCCC4)c(C(C(C)=O)C(=O)Nc4ccccc4S(=O)(=O)O)s3)nc(N(CCO)CCO)n2)c(N=Nc2nc(N3CCCCC3)c(/C=C(\C(C)=O)C(=O)Nc3ccccc3S(=O)(=O)O)s2)cc1OC. The number of aliphatic hydroxyl groups is 2. The summed E-state index contributed by atoms with van der Waals surface area (Å²) in [7, 11) is -6.53. The Labute approximate surface area is 598 Å². The van der Waals surface area contributed by atoms with E-state index in [0.717, 1.165) is 73.3 Å². The van der Waals surface area contributed by atoms with E-state index in [0.29, 0.717) is 97.4 Å². The number of carbonyl (C=O) groups excluding carboxylic acids is 4. The zero-order chi connectivity index (χ0) is 73.4. The van der Waals surface area contributed by atoms with Gasteiger partial charge in [0.05, 0.1) is 76.9 Å². The Bertz CT molecular complexity index is 4510. The van der Waals surface area contributed by atoms with E-state index >= 15 is 0 Å². The number of benzene rings is 4. The van der Waals surface area contributed by atoms with Crippen molar-refractivity contribution in [2.75, 3.05) is 139 Å². The van der Waals surface area contributed by atoms with Crippen LogP contribution in [0.5, 0.6) is 11.5 Å². The van der Waals surface area contributed by atoms with Crippen LogP contribution in [0.4, 0.5) is 85.2 Å². The number of nitrogens with zero attached hydrogens (tertiary/aromatic N) is 14.